The third-order valence-corrected chi connectivity index (χ3v) is 6.11. The third kappa shape index (κ3) is 4.27. The molecule has 0 aliphatic carbocycles. The van der Waals surface area contributed by atoms with Crippen LogP contribution in [0.2, 0.25) is 0 Å². The third-order valence-electron chi connectivity index (χ3n) is 5.10. The summed E-state index contributed by atoms with van der Waals surface area (Å²) in [6.07, 6.45) is -0.155. The molecule has 0 aliphatic heterocycles. The Balaban J connectivity index is 1.69. The molecule has 3 aromatic carbocycles. The van der Waals surface area contributed by atoms with Crippen LogP contribution in [-0.4, -0.2) is 21.8 Å². The fourth-order valence-corrected chi connectivity index (χ4v) is 4.20. The summed E-state index contributed by atoms with van der Waals surface area (Å²) in [4.78, 5) is 28.9. The van der Waals surface area contributed by atoms with Crippen molar-refractivity contribution in [2.75, 3.05) is 0 Å². The number of ketones is 1. The first-order valence-corrected chi connectivity index (χ1v) is 10.5. The minimum absolute atomic E-state index is 0.109. The summed E-state index contributed by atoms with van der Waals surface area (Å²) in [5.41, 5.74) is -0.307. The summed E-state index contributed by atoms with van der Waals surface area (Å²) in [6.45, 7) is 3.15. The van der Waals surface area contributed by atoms with Gasteiger partial charge in [-0.1, -0.05) is 30.3 Å². The van der Waals surface area contributed by atoms with Crippen LogP contribution in [-0.2, 0) is 11.4 Å². The molecular weight excluding hydrogens is 417 g/mol. The van der Waals surface area contributed by atoms with Gasteiger partial charge in [0, 0.05) is 17.9 Å². The summed E-state index contributed by atoms with van der Waals surface area (Å²) in [5, 5.41) is 11.7. The Hall–Kier alpha value is -3.32. The quantitative estimate of drug-likeness (QED) is 0.367. The minimum Gasteiger partial charge on any atom is -0.485 e. The highest BCUT2D eigenvalue weighted by Crippen LogP contribution is 2.34. The Morgan fingerprint density at radius 2 is 1.90 bits per heavy atom. The average Bonchev–Trinajstić information content (AvgIpc) is 3.13. The van der Waals surface area contributed by atoms with Gasteiger partial charge in [-0.15, -0.1) is 11.3 Å². The summed E-state index contributed by atoms with van der Waals surface area (Å²) in [5.74, 6) is -1.30. The highest BCUT2D eigenvalue weighted by Gasteiger charge is 2.31. The lowest BCUT2D eigenvalue weighted by Gasteiger charge is -2.19. The predicted molar refractivity (Wildman–Crippen MR) is 118 cm³/mol. The van der Waals surface area contributed by atoms with Crippen LogP contribution in [0.15, 0.2) is 54.6 Å². The van der Waals surface area contributed by atoms with Crippen molar-refractivity contribution in [3.05, 3.63) is 71.0 Å². The molecule has 1 heterocycles. The molecule has 0 amide bonds. The van der Waals surface area contributed by atoms with Gasteiger partial charge in [0.15, 0.2) is 5.78 Å². The van der Waals surface area contributed by atoms with Gasteiger partial charge in [0.1, 0.15) is 23.2 Å². The zero-order chi connectivity index (χ0) is 22.2. The van der Waals surface area contributed by atoms with Crippen LogP contribution in [0.4, 0.5) is 4.39 Å². The first-order valence-electron chi connectivity index (χ1n) is 9.71. The van der Waals surface area contributed by atoms with Crippen molar-refractivity contribution in [1.29, 1.82) is 0 Å². The Bertz CT molecular complexity index is 1310. The van der Waals surface area contributed by atoms with Crippen molar-refractivity contribution in [3.8, 4) is 5.75 Å². The molecule has 1 N–H and O–H groups in total. The number of halogens is 1. The normalized spacial score (nSPS) is 11.7. The van der Waals surface area contributed by atoms with Gasteiger partial charge in [-0.2, -0.15) is 0 Å². The second kappa shape index (κ2) is 8.07. The molecule has 0 fully saturated rings. The number of nitrogens with zero attached hydrogens (tertiary/aromatic N) is 1. The molecular formula is C24H20FNO4S. The predicted octanol–water partition coefficient (Wildman–Crippen LogP) is 5.85. The molecule has 31 heavy (non-hydrogen) atoms. The van der Waals surface area contributed by atoms with E-state index in [2.05, 4.69) is 4.98 Å². The fraction of sp³-hybridized carbons (Fsp3) is 0.208. The van der Waals surface area contributed by atoms with E-state index in [1.165, 1.54) is 37.3 Å². The van der Waals surface area contributed by atoms with Gasteiger partial charge < -0.3 is 9.84 Å². The largest absolute Gasteiger partial charge is 0.485 e. The fourth-order valence-electron chi connectivity index (χ4n) is 3.33. The number of hydrogen-bond donors (Lipinski definition) is 1. The van der Waals surface area contributed by atoms with Crippen LogP contribution < -0.4 is 4.74 Å². The van der Waals surface area contributed by atoms with Crippen molar-refractivity contribution in [3.63, 3.8) is 0 Å². The smallest absolute Gasteiger partial charge is 0.309 e. The molecule has 0 saturated heterocycles. The molecule has 0 unspecified atom stereocenters. The van der Waals surface area contributed by atoms with Gasteiger partial charge in [-0.25, -0.2) is 9.37 Å². The lowest BCUT2D eigenvalue weighted by atomic mass is 9.85. The number of carbonyl (C=O) groups excluding carboxylic acids is 1. The van der Waals surface area contributed by atoms with Crippen LogP contribution in [0.25, 0.3) is 21.0 Å². The van der Waals surface area contributed by atoms with Gasteiger partial charge in [-0.3, -0.25) is 9.59 Å². The SMILES string of the molecule is CC(C)(CC(=O)c1ccc2ccccc2c1OCc1nc2cc(F)ccc2s1)C(=O)O. The number of thiazole rings is 1. The van der Waals surface area contributed by atoms with Crippen molar-refractivity contribution < 1.29 is 23.8 Å². The van der Waals surface area contributed by atoms with Crippen LogP contribution in [0, 0.1) is 11.2 Å². The Labute approximate surface area is 182 Å². The lowest BCUT2D eigenvalue weighted by Crippen LogP contribution is -2.27. The van der Waals surface area contributed by atoms with E-state index in [0.29, 0.717) is 21.8 Å². The molecule has 7 heteroatoms. The number of aliphatic carboxylic acids is 1. The molecule has 0 atom stereocenters. The first kappa shape index (κ1) is 20.9. The maximum absolute atomic E-state index is 13.5. The minimum atomic E-state index is -1.20. The number of carboxylic acid groups (broad SMARTS) is 1. The van der Waals surface area contributed by atoms with Crippen LogP contribution >= 0.6 is 11.3 Å². The number of ether oxygens (including phenoxy) is 1. The molecule has 0 saturated carbocycles. The van der Waals surface area contributed by atoms with Crippen LogP contribution in [0.1, 0.15) is 35.6 Å². The van der Waals surface area contributed by atoms with Gasteiger partial charge in [0.2, 0.25) is 0 Å². The van der Waals surface area contributed by atoms with E-state index < -0.39 is 11.4 Å². The van der Waals surface area contributed by atoms with Gasteiger partial charge in [0.25, 0.3) is 0 Å². The second-order valence-corrected chi connectivity index (χ2v) is 9.08. The average molecular weight is 437 g/mol. The molecule has 0 spiro atoms. The standard InChI is InChI=1S/C24H20FNO4S/c1-24(2,23(28)29)12-19(27)17-9-7-14-5-3-4-6-16(14)22(17)30-13-21-26-18-11-15(25)8-10-20(18)31-21/h3-11H,12-13H2,1-2H3,(H,28,29). The Morgan fingerprint density at radius 3 is 2.68 bits per heavy atom. The molecule has 158 valence electrons. The zero-order valence-electron chi connectivity index (χ0n) is 17.0. The van der Waals surface area contributed by atoms with Gasteiger partial charge in [0.05, 0.1) is 21.2 Å². The topological polar surface area (TPSA) is 76.5 Å². The van der Waals surface area contributed by atoms with E-state index in [0.717, 1.165) is 15.5 Å². The van der Waals surface area contributed by atoms with E-state index in [1.54, 1.807) is 12.1 Å². The Kier molecular flexibility index (Phi) is 5.45. The van der Waals surface area contributed by atoms with E-state index in [4.69, 9.17) is 4.74 Å². The summed E-state index contributed by atoms with van der Waals surface area (Å²) in [7, 11) is 0. The van der Waals surface area contributed by atoms with E-state index >= 15 is 0 Å². The van der Waals surface area contributed by atoms with Crippen LogP contribution in [0.3, 0.4) is 0 Å². The Morgan fingerprint density at radius 1 is 1.13 bits per heavy atom. The number of rotatable bonds is 7. The van der Waals surface area contributed by atoms with E-state index in [1.807, 2.05) is 30.3 Å². The number of carbonyl (C=O) groups is 2. The van der Waals surface area contributed by atoms with Crippen molar-refractivity contribution in [1.82, 2.24) is 4.98 Å². The monoisotopic (exact) mass is 437 g/mol. The molecule has 1 aromatic heterocycles. The van der Waals surface area contributed by atoms with Crippen molar-refractivity contribution in [2.45, 2.75) is 26.9 Å². The number of Topliss-reactive ketones (excluding diaryl/α,β-unsaturated/α-hetero) is 1. The molecule has 0 aliphatic rings. The highest BCUT2D eigenvalue weighted by molar-refractivity contribution is 7.18. The number of fused-ring (bicyclic) bond motifs is 2. The maximum atomic E-state index is 13.5. The molecule has 0 radical (unpaired) electrons. The molecule has 4 rings (SSSR count). The lowest BCUT2D eigenvalue weighted by molar-refractivity contribution is -0.146. The number of aromatic nitrogens is 1. The first-order chi connectivity index (χ1) is 14.7. The maximum Gasteiger partial charge on any atom is 0.309 e. The highest BCUT2D eigenvalue weighted by atomic mass is 32.1. The number of benzene rings is 3. The van der Waals surface area contributed by atoms with Crippen molar-refractivity contribution >= 4 is 44.1 Å². The molecule has 5 nitrogen and oxygen atoms in total. The second-order valence-electron chi connectivity index (χ2n) is 7.96. The number of hydrogen-bond acceptors (Lipinski definition) is 5. The van der Waals surface area contributed by atoms with Crippen molar-refractivity contribution in [2.24, 2.45) is 5.41 Å². The van der Waals surface area contributed by atoms with Gasteiger partial charge >= 0.3 is 5.97 Å². The summed E-state index contributed by atoms with van der Waals surface area (Å²) >= 11 is 1.39. The van der Waals surface area contributed by atoms with E-state index in [-0.39, 0.29) is 24.6 Å². The number of carboxylic acids is 1. The molecule has 0 bridgehead atoms. The van der Waals surface area contributed by atoms with Crippen LogP contribution in [0.5, 0.6) is 5.75 Å². The summed E-state index contributed by atoms with van der Waals surface area (Å²) < 4.78 is 20.4. The summed E-state index contributed by atoms with van der Waals surface area (Å²) in [6, 6.07) is 15.4. The van der Waals surface area contributed by atoms with Gasteiger partial charge in [-0.05, 0) is 37.4 Å². The van der Waals surface area contributed by atoms with E-state index in [9.17, 15) is 19.1 Å². The zero-order valence-corrected chi connectivity index (χ0v) is 17.8. The molecule has 4 aromatic rings.